The molecule has 1 aromatic rings. The first-order valence-corrected chi connectivity index (χ1v) is 7.02. The fourth-order valence-corrected chi connectivity index (χ4v) is 2.19. The lowest BCUT2D eigenvalue weighted by molar-refractivity contribution is 0.0715. The van der Waals surface area contributed by atoms with E-state index in [0.29, 0.717) is 0 Å². The van der Waals surface area contributed by atoms with Crippen molar-refractivity contribution in [3.8, 4) is 0 Å². The third-order valence-electron chi connectivity index (χ3n) is 1.91. The second-order valence-electron chi connectivity index (χ2n) is 3.07. The molecule has 0 bridgehead atoms. The molecule has 0 N–H and O–H groups in total. The second-order valence-corrected chi connectivity index (χ2v) is 4.86. The van der Waals surface area contributed by atoms with Gasteiger partial charge in [0.2, 0.25) is 0 Å². The van der Waals surface area contributed by atoms with E-state index in [1.165, 1.54) is 5.56 Å². The van der Waals surface area contributed by atoms with Crippen LogP contribution in [0.4, 0.5) is 0 Å². The summed E-state index contributed by atoms with van der Waals surface area (Å²) in [4.78, 5) is 0. The molecule has 1 unspecified atom stereocenters. The molecule has 0 amide bonds. The minimum absolute atomic E-state index is 0.239. The number of ether oxygens (including phenoxy) is 1. The van der Waals surface area contributed by atoms with Crippen LogP contribution in [0.3, 0.4) is 0 Å². The van der Waals surface area contributed by atoms with Crippen molar-refractivity contribution in [1.29, 1.82) is 0 Å². The highest BCUT2D eigenvalue weighted by molar-refractivity contribution is 14.1. The van der Waals surface area contributed by atoms with E-state index in [-0.39, 0.29) is 6.10 Å². The Morgan fingerprint density at radius 1 is 1.36 bits per heavy atom. The Bertz CT molecular complexity index is 260. The highest BCUT2D eigenvalue weighted by Crippen LogP contribution is 2.22. The zero-order chi connectivity index (χ0) is 10.4. The average molecular weight is 369 g/mol. The first-order valence-electron chi connectivity index (χ1n) is 4.71. The second kappa shape index (κ2) is 6.80. The highest BCUT2D eigenvalue weighted by atomic mass is 127. The first kappa shape index (κ1) is 12.5. The summed E-state index contributed by atoms with van der Waals surface area (Å²) in [5, 5.41) is 0. The van der Waals surface area contributed by atoms with Crippen molar-refractivity contribution in [2.24, 2.45) is 0 Å². The highest BCUT2D eigenvalue weighted by Gasteiger charge is 2.09. The van der Waals surface area contributed by atoms with Crippen LogP contribution in [0.25, 0.3) is 0 Å². The van der Waals surface area contributed by atoms with Crippen molar-refractivity contribution in [3.05, 3.63) is 34.3 Å². The van der Waals surface area contributed by atoms with Crippen LogP contribution in [-0.4, -0.2) is 11.0 Å². The van der Waals surface area contributed by atoms with Crippen LogP contribution in [0, 0.1) is 0 Å². The quantitative estimate of drug-likeness (QED) is 0.554. The third-order valence-corrected chi connectivity index (χ3v) is 3.23. The zero-order valence-electron chi connectivity index (χ0n) is 8.17. The van der Waals surface area contributed by atoms with Crippen LogP contribution in [0.1, 0.15) is 25.0 Å². The Morgan fingerprint density at radius 2 is 2.00 bits per heavy atom. The van der Waals surface area contributed by atoms with Crippen molar-refractivity contribution >= 4 is 38.5 Å². The molecule has 0 aliphatic heterocycles. The molecule has 14 heavy (non-hydrogen) atoms. The maximum Gasteiger partial charge on any atom is 0.0914 e. The predicted molar refractivity (Wildman–Crippen MR) is 72.0 cm³/mol. The van der Waals surface area contributed by atoms with E-state index in [9.17, 15) is 0 Å². The lowest BCUT2D eigenvalue weighted by Gasteiger charge is -2.15. The maximum atomic E-state index is 5.74. The van der Waals surface area contributed by atoms with Crippen LogP contribution < -0.4 is 0 Å². The molecule has 0 heterocycles. The van der Waals surface area contributed by atoms with Gasteiger partial charge < -0.3 is 4.74 Å². The summed E-state index contributed by atoms with van der Waals surface area (Å²) in [5.74, 6) is 0. The summed E-state index contributed by atoms with van der Waals surface area (Å²) < 4.78 is 7.86. The normalized spacial score (nSPS) is 12.8. The van der Waals surface area contributed by atoms with Gasteiger partial charge in [0.1, 0.15) is 0 Å². The topological polar surface area (TPSA) is 9.23 Å². The molecule has 1 rings (SSSR count). The summed E-state index contributed by atoms with van der Waals surface area (Å²) in [5.41, 5.74) is 1.26. The number of halogens is 2. The van der Waals surface area contributed by atoms with Crippen LogP contribution in [0.5, 0.6) is 0 Å². The molecule has 0 spiro atoms. The maximum absolute atomic E-state index is 5.74. The van der Waals surface area contributed by atoms with Gasteiger partial charge in [-0.1, -0.05) is 57.6 Å². The number of hydrogen-bond donors (Lipinski definition) is 0. The lowest BCUT2D eigenvalue weighted by Crippen LogP contribution is -2.06. The van der Waals surface area contributed by atoms with E-state index in [0.717, 1.165) is 21.9 Å². The minimum Gasteiger partial charge on any atom is -0.373 e. The van der Waals surface area contributed by atoms with Gasteiger partial charge in [-0.2, -0.15) is 0 Å². The standard InChI is InChI=1S/C11H14BrIO/c1-2-7-14-11(8-13)9-3-5-10(12)6-4-9/h3-6,11H,2,7-8H2,1H3. The molecular formula is C11H14BrIO. The van der Waals surface area contributed by atoms with Gasteiger partial charge in [0.25, 0.3) is 0 Å². The van der Waals surface area contributed by atoms with Crippen LogP contribution >= 0.6 is 38.5 Å². The van der Waals surface area contributed by atoms with E-state index < -0.39 is 0 Å². The predicted octanol–water partition coefficient (Wildman–Crippen LogP) is 4.35. The van der Waals surface area contributed by atoms with Gasteiger partial charge in [-0.25, -0.2) is 0 Å². The molecule has 0 saturated heterocycles. The summed E-state index contributed by atoms with van der Waals surface area (Å²) in [6, 6.07) is 8.35. The van der Waals surface area contributed by atoms with Crippen molar-refractivity contribution in [2.75, 3.05) is 11.0 Å². The van der Waals surface area contributed by atoms with E-state index >= 15 is 0 Å². The van der Waals surface area contributed by atoms with E-state index in [4.69, 9.17) is 4.74 Å². The van der Waals surface area contributed by atoms with Gasteiger partial charge in [-0.05, 0) is 24.1 Å². The Hall–Kier alpha value is 0.390. The number of rotatable bonds is 5. The molecule has 0 aliphatic carbocycles. The molecule has 0 radical (unpaired) electrons. The van der Waals surface area contributed by atoms with Gasteiger partial charge in [-0.15, -0.1) is 0 Å². The molecule has 78 valence electrons. The number of benzene rings is 1. The molecule has 0 aliphatic rings. The average Bonchev–Trinajstić information content (AvgIpc) is 2.21. The monoisotopic (exact) mass is 368 g/mol. The summed E-state index contributed by atoms with van der Waals surface area (Å²) in [6.45, 7) is 2.97. The molecule has 3 heteroatoms. The van der Waals surface area contributed by atoms with Crippen molar-refractivity contribution in [1.82, 2.24) is 0 Å². The van der Waals surface area contributed by atoms with Crippen molar-refractivity contribution < 1.29 is 4.74 Å². The van der Waals surface area contributed by atoms with Crippen LogP contribution in [-0.2, 0) is 4.74 Å². The largest absolute Gasteiger partial charge is 0.373 e. The molecular weight excluding hydrogens is 355 g/mol. The van der Waals surface area contributed by atoms with Crippen molar-refractivity contribution in [3.63, 3.8) is 0 Å². The first-order chi connectivity index (χ1) is 6.77. The van der Waals surface area contributed by atoms with Gasteiger partial charge >= 0.3 is 0 Å². The Labute approximate surface area is 107 Å². The number of alkyl halides is 1. The number of hydrogen-bond acceptors (Lipinski definition) is 1. The van der Waals surface area contributed by atoms with E-state index in [2.05, 4.69) is 69.7 Å². The van der Waals surface area contributed by atoms with E-state index in [1.807, 2.05) is 0 Å². The molecule has 1 aromatic carbocycles. The Morgan fingerprint density at radius 3 is 2.50 bits per heavy atom. The van der Waals surface area contributed by atoms with Gasteiger partial charge in [0.05, 0.1) is 6.10 Å². The third kappa shape index (κ3) is 3.87. The minimum atomic E-state index is 0.239. The molecule has 0 saturated carbocycles. The molecule has 1 nitrogen and oxygen atoms in total. The fourth-order valence-electron chi connectivity index (χ4n) is 1.17. The molecule has 1 atom stereocenters. The molecule has 0 aromatic heterocycles. The van der Waals surface area contributed by atoms with Gasteiger partial charge in [0, 0.05) is 15.5 Å². The molecule has 0 fully saturated rings. The fraction of sp³-hybridized carbons (Fsp3) is 0.455. The smallest absolute Gasteiger partial charge is 0.0914 e. The van der Waals surface area contributed by atoms with Crippen LogP contribution in [0.15, 0.2) is 28.7 Å². The summed E-state index contributed by atoms with van der Waals surface area (Å²) in [7, 11) is 0. The Balaban J connectivity index is 2.64. The zero-order valence-corrected chi connectivity index (χ0v) is 11.9. The van der Waals surface area contributed by atoms with E-state index in [1.54, 1.807) is 0 Å². The van der Waals surface area contributed by atoms with Crippen LogP contribution in [0.2, 0.25) is 0 Å². The lowest BCUT2D eigenvalue weighted by atomic mass is 10.1. The summed E-state index contributed by atoms with van der Waals surface area (Å²) >= 11 is 5.79. The Kier molecular flexibility index (Phi) is 6.05. The summed E-state index contributed by atoms with van der Waals surface area (Å²) in [6.07, 6.45) is 1.31. The SMILES string of the molecule is CCCOC(CI)c1ccc(Br)cc1. The van der Waals surface area contributed by atoms with Crippen molar-refractivity contribution in [2.45, 2.75) is 19.4 Å². The van der Waals surface area contributed by atoms with Gasteiger partial charge in [0.15, 0.2) is 0 Å². The van der Waals surface area contributed by atoms with Gasteiger partial charge in [-0.3, -0.25) is 0 Å².